The molecule has 0 aromatic heterocycles. The Kier molecular flexibility index (Phi) is 6.67. The molecule has 3 aromatic carbocycles. The predicted octanol–water partition coefficient (Wildman–Crippen LogP) is 4.19. The van der Waals surface area contributed by atoms with Gasteiger partial charge in [-0.05, 0) is 67.4 Å². The van der Waals surface area contributed by atoms with Gasteiger partial charge < -0.3 is 15.0 Å². The minimum absolute atomic E-state index is 0.0704. The molecule has 0 radical (unpaired) electrons. The highest BCUT2D eigenvalue weighted by Crippen LogP contribution is 2.24. The van der Waals surface area contributed by atoms with Gasteiger partial charge in [0.05, 0.1) is 23.8 Å². The van der Waals surface area contributed by atoms with Crippen LogP contribution in [0.15, 0.2) is 71.6 Å². The van der Waals surface area contributed by atoms with E-state index in [4.69, 9.17) is 4.74 Å². The second-order valence-corrected chi connectivity index (χ2v) is 9.65. The Morgan fingerprint density at radius 1 is 0.909 bits per heavy atom. The van der Waals surface area contributed by atoms with Crippen LogP contribution in [-0.4, -0.2) is 40.6 Å². The second kappa shape index (κ2) is 9.64. The summed E-state index contributed by atoms with van der Waals surface area (Å²) in [5.74, 6) is -0.374. The standard InChI is InChI=1S/C25H27N3O4S/c1-18-5-3-4-6-23(18)27-33(30,31)24-17-20(8-7-19(24)2)25(29)26-21-9-11-22(12-10-21)28-13-15-32-16-14-28/h3-12,17,27H,13-16H2,1-2H3,(H,26,29). The molecule has 8 heteroatoms. The zero-order valence-corrected chi connectivity index (χ0v) is 19.5. The van der Waals surface area contributed by atoms with Gasteiger partial charge in [-0.1, -0.05) is 24.3 Å². The highest BCUT2D eigenvalue weighted by Gasteiger charge is 2.20. The number of morpholine rings is 1. The number of nitrogens with one attached hydrogen (secondary N) is 2. The summed E-state index contributed by atoms with van der Waals surface area (Å²) in [5.41, 5.74) is 3.85. The van der Waals surface area contributed by atoms with E-state index in [0.29, 0.717) is 30.2 Å². The molecule has 0 spiro atoms. The van der Waals surface area contributed by atoms with Gasteiger partial charge in [0.15, 0.2) is 0 Å². The van der Waals surface area contributed by atoms with Gasteiger partial charge in [0.1, 0.15) is 0 Å². The van der Waals surface area contributed by atoms with Crippen LogP contribution in [0.5, 0.6) is 0 Å². The maximum atomic E-state index is 13.0. The summed E-state index contributed by atoms with van der Waals surface area (Å²) in [6.45, 7) is 6.62. The molecular formula is C25H27N3O4S. The zero-order valence-electron chi connectivity index (χ0n) is 18.7. The molecule has 2 N–H and O–H groups in total. The number of nitrogens with zero attached hydrogens (tertiary/aromatic N) is 1. The lowest BCUT2D eigenvalue weighted by Gasteiger charge is -2.28. The largest absolute Gasteiger partial charge is 0.378 e. The van der Waals surface area contributed by atoms with E-state index < -0.39 is 10.0 Å². The van der Waals surface area contributed by atoms with Gasteiger partial charge in [-0.25, -0.2) is 8.42 Å². The first-order valence-electron chi connectivity index (χ1n) is 10.8. The van der Waals surface area contributed by atoms with Crippen molar-refractivity contribution in [1.29, 1.82) is 0 Å². The van der Waals surface area contributed by atoms with Crippen molar-refractivity contribution in [2.75, 3.05) is 41.2 Å². The summed E-state index contributed by atoms with van der Waals surface area (Å²) in [6, 6.07) is 19.4. The van der Waals surface area contributed by atoms with Crippen molar-refractivity contribution in [1.82, 2.24) is 0 Å². The molecule has 172 valence electrons. The molecular weight excluding hydrogens is 438 g/mol. The van der Waals surface area contributed by atoms with Gasteiger partial charge in [-0.2, -0.15) is 0 Å². The summed E-state index contributed by atoms with van der Waals surface area (Å²) in [6.07, 6.45) is 0. The summed E-state index contributed by atoms with van der Waals surface area (Å²) in [7, 11) is -3.86. The number of carbonyl (C=O) groups excluding carboxylic acids is 1. The molecule has 33 heavy (non-hydrogen) atoms. The molecule has 4 rings (SSSR count). The van der Waals surface area contributed by atoms with Gasteiger partial charge >= 0.3 is 0 Å². The van der Waals surface area contributed by atoms with Crippen molar-refractivity contribution in [2.45, 2.75) is 18.7 Å². The number of hydrogen-bond acceptors (Lipinski definition) is 5. The normalized spacial score (nSPS) is 14.1. The Bertz CT molecular complexity index is 1250. The number of aryl methyl sites for hydroxylation is 2. The van der Waals surface area contributed by atoms with Crippen molar-refractivity contribution in [2.24, 2.45) is 0 Å². The average molecular weight is 466 g/mol. The molecule has 0 saturated carbocycles. The number of anilines is 3. The van der Waals surface area contributed by atoms with Gasteiger partial charge in [0.2, 0.25) is 0 Å². The summed E-state index contributed by atoms with van der Waals surface area (Å²) >= 11 is 0. The monoisotopic (exact) mass is 465 g/mol. The van der Waals surface area contributed by atoms with E-state index in [0.717, 1.165) is 24.3 Å². The fourth-order valence-corrected chi connectivity index (χ4v) is 5.10. The number of sulfonamides is 1. The molecule has 1 aliphatic rings. The minimum Gasteiger partial charge on any atom is -0.378 e. The number of carbonyl (C=O) groups is 1. The molecule has 0 atom stereocenters. The van der Waals surface area contributed by atoms with Gasteiger partial charge in [-0.3, -0.25) is 9.52 Å². The summed E-state index contributed by atoms with van der Waals surface area (Å²) < 4.78 is 34.1. The summed E-state index contributed by atoms with van der Waals surface area (Å²) in [5, 5.41) is 2.85. The van der Waals surface area contributed by atoms with Crippen LogP contribution in [0.4, 0.5) is 17.1 Å². The second-order valence-electron chi connectivity index (χ2n) is 8.00. The molecule has 0 bridgehead atoms. The van der Waals surface area contributed by atoms with Gasteiger partial charge in [0, 0.05) is 30.0 Å². The van der Waals surface area contributed by atoms with Crippen molar-refractivity contribution >= 4 is 33.0 Å². The number of rotatable bonds is 6. The van der Waals surface area contributed by atoms with Crippen LogP contribution in [0.1, 0.15) is 21.5 Å². The van der Waals surface area contributed by atoms with Crippen molar-refractivity contribution in [3.05, 3.63) is 83.4 Å². The fourth-order valence-electron chi connectivity index (χ4n) is 3.70. The van der Waals surface area contributed by atoms with E-state index in [1.54, 1.807) is 31.2 Å². The Morgan fingerprint density at radius 2 is 1.61 bits per heavy atom. The Balaban J connectivity index is 1.51. The topological polar surface area (TPSA) is 87.7 Å². The molecule has 1 heterocycles. The number of para-hydroxylation sites is 1. The number of hydrogen-bond donors (Lipinski definition) is 2. The SMILES string of the molecule is Cc1ccccc1NS(=O)(=O)c1cc(C(=O)Nc2ccc(N3CCOCC3)cc2)ccc1C. The third-order valence-electron chi connectivity index (χ3n) is 5.63. The first-order chi connectivity index (χ1) is 15.8. The highest BCUT2D eigenvalue weighted by molar-refractivity contribution is 7.92. The molecule has 3 aromatic rings. The third kappa shape index (κ3) is 5.35. The molecule has 0 aliphatic carbocycles. The Morgan fingerprint density at radius 3 is 2.30 bits per heavy atom. The van der Waals surface area contributed by atoms with Crippen LogP contribution in [0.25, 0.3) is 0 Å². The van der Waals surface area contributed by atoms with E-state index in [1.807, 2.05) is 43.3 Å². The Hall–Kier alpha value is -3.36. The smallest absolute Gasteiger partial charge is 0.262 e. The molecule has 1 aliphatic heterocycles. The quantitative estimate of drug-likeness (QED) is 0.570. The van der Waals surface area contributed by atoms with E-state index in [9.17, 15) is 13.2 Å². The number of benzene rings is 3. The number of ether oxygens (including phenoxy) is 1. The van der Waals surface area contributed by atoms with Gasteiger partial charge in [-0.15, -0.1) is 0 Å². The van der Waals surface area contributed by atoms with Crippen molar-refractivity contribution in [3.63, 3.8) is 0 Å². The molecule has 0 unspecified atom stereocenters. The number of amides is 1. The van der Waals surface area contributed by atoms with Crippen LogP contribution in [-0.2, 0) is 14.8 Å². The lowest BCUT2D eigenvalue weighted by atomic mass is 10.1. The zero-order chi connectivity index (χ0) is 23.4. The Labute approximate surface area is 194 Å². The predicted molar refractivity (Wildman–Crippen MR) is 131 cm³/mol. The molecule has 1 amide bonds. The van der Waals surface area contributed by atoms with Crippen LogP contribution >= 0.6 is 0 Å². The van der Waals surface area contributed by atoms with Crippen molar-refractivity contribution < 1.29 is 17.9 Å². The molecule has 7 nitrogen and oxygen atoms in total. The summed E-state index contributed by atoms with van der Waals surface area (Å²) in [4.78, 5) is 15.2. The first kappa shape index (κ1) is 22.8. The van der Waals surface area contributed by atoms with Gasteiger partial charge in [0.25, 0.3) is 15.9 Å². The maximum Gasteiger partial charge on any atom is 0.262 e. The first-order valence-corrected chi connectivity index (χ1v) is 12.2. The van der Waals surface area contributed by atoms with E-state index in [2.05, 4.69) is 14.9 Å². The van der Waals surface area contributed by atoms with Crippen LogP contribution < -0.4 is 14.9 Å². The van der Waals surface area contributed by atoms with E-state index >= 15 is 0 Å². The minimum atomic E-state index is -3.86. The molecule has 1 fully saturated rings. The van der Waals surface area contributed by atoms with E-state index in [1.165, 1.54) is 6.07 Å². The third-order valence-corrected chi connectivity index (χ3v) is 7.14. The van der Waals surface area contributed by atoms with Crippen LogP contribution in [0.2, 0.25) is 0 Å². The lowest BCUT2D eigenvalue weighted by molar-refractivity contribution is 0.102. The van der Waals surface area contributed by atoms with Crippen molar-refractivity contribution in [3.8, 4) is 0 Å². The molecule has 1 saturated heterocycles. The lowest BCUT2D eigenvalue weighted by Crippen LogP contribution is -2.36. The average Bonchev–Trinajstić information content (AvgIpc) is 2.81. The highest BCUT2D eigenvalue weighted by atomic mass is 32.2. The van der Waals surface area contributed by atoms with E-state index in [-0.39, 0.29) is 16.4 Å². The fraction of sp³-hybridized carbons (Fsp3) is 0.240. The maximum absolute atomic E-state index is 13.0. The van der Waals surface area contributed by atoms with Crippen LogP contribution in [0.3, 0.4) is 0 Å². The van der Waals surface area contributed by atoms with Crippen LogP contribution in [0, 0.1) is 13.8 Å².